The largest absolute Gasteiger partial charge is 0.490 e. The number of fused-ring (bicyclic) bond motifs is 3. The molecule has 1 aliphatic carbocycles. The molecule has 5 rings (SSSR count). The van der Waals surface area contributed by atoms with Crippen LogP contribution in [0, 0.1) is 0 Å². The zero-order valence-electron chi connectivity index (χ0n) is 17.2. The SMILES string of the molecule is C[C@@H](NC(=O)C1=NOCc2c1ccc1ccccc21)[C@H](O)c1ccc(OC2CC2)cc1. The first-order chi connectivity index (χ1) is 15.1. The molecule has 1 amide bonds. The Bertz CT molecular complexity index is 1150. The average molecular weight is 416 g/mol. The Morgan fingerprint density at radius 3 is 2.68 bits per heavy atom. The molecule has 1 heterocycles. The van der Waals surface area contributed by atoms with Gasteiger partial charge in [0.05, 0.1) is 18.2 Å². The summed E-state index contributed by atoms with van der Waals surface area (Å²) in [5.74, 6) is 0.421. The topological polar surface area (TPSA) is 80.2 Å². The molecule has 0 aromatic heterocycles. The average Bonchev–Trinajstić information content (AvgIpc) is 3.62. The van der Waals surface area contributed by atoms with Crippen LogP contribution in [0.15, 0.2) is 65.8 Å². The summed E-state index contributed by atoms with van der Waals surface area (Å²) in [6, 6.07) is 18.7. The van der Waals surface area contributed by atoms with Crippen molar-refractivity contribution in [3.05, 3.63) is 77.4 Å². The molecule has 31 heavy (non-hydrogen) atoms. The summed E-state index contributed by atoms with van der Waals surface area (Å²) >= 11 is 0. The van der Waals surface area contributed by atoms with Crippen LogP contribution < -0.4 is 10.1 Å². The molecule has 158 valence electrons. The number of oxime groups is 1. The van der Waals surface area contributed by atoms with Gasteiger partial charge >= 0.3 is 0 Å². The van der Waals surface area contributed by atoms with Crippen LogP contribution in [0.5, 0.6) is 5.75 Å². The Morgan fingerprint density at radius 2 is 1.90 bits per heavy atom. The molecule has 1 saturated carbocycles. The fraction of sp³-hybridized carbons (Fsp3) is 0.280. The summed E-state index contributed by atoms with van der Waals surface area (Å²) < 4.78 is 5.75. The molecule has 0 spiro atoms. The third-order valence-electron chi connectivity index (χ3n) is 5.76. The quantitative estimate of drug-likeness (QED) is 0.640. The molecule has 2 atom stereocenters. The second kappa shape index (κ2) is 8.04. The summed E-state index contributed by atoms with van der Waals surface area (Å²) in [6.45, 7) is 2.09. The lowest BCUT2D eigenvalue weighted by atomic mass is 9.95. The molecule has 2 aliphatic rings. The second-order valence-corrected chi connectivity index (χ2v) is 8.12. The molecule has 1 aliphatic heterocycles. The van der Waals surface area contributed by atoms with Crippen LogP contribution in [0.3, 0.4) is 0 Å². The molecule has 2 N–H and O–H groups in total. The highest BCUT2D eigenvalue weighted by Gasteiger charge is 2.27. The van der Waals surface area contributed by atoms with Gasteiger partial charge in [-0.3, -0.25) is 4.79 Å². The van der Waals surface area contributed by atoms with Crippen LogP contribution >= 0.6 is 0 Å². The number of hydrogen-bond donors (Lipinski definition) is 2. The van der Waals surface area contributed by atoms with Crippen LogP contribution in [0.4, 0.5) is 0 Å². The van der Waals surface area contributed by atoms with Crippen LogP contribution in [0.25, 0.3) is 10.8 Å². The third-order valence-corrected chi connectivity index (χ3v) is 5.76. The summed E-state index contributed by atoms with van der Waals surface area (Å²) in [7, 11) is 0. The predicted molar refractivity (Wildman–Crippen MR) is 118 cm³/mol. The van der Waals surface area contributed by atoms with Gasteiger partial charge < -0.3 is 20.0 Å². The first-order valence-corrected chi connectivity index (χ1v) is 10.6. The molecule has 0 saturated heterocycles. The van der Waals surface area contributed by atoms with E-state index >= 15 is 0 Å². The van der Waals surface area contributed by atoms with Crippen molar-refractivity contribution in [2.24, 2.45) is 5.16 Å². The van der Waals surface area contributed by atoms with Crippen molar-refractivity contribution in [1.82, 2.24) is 5.32 Å². The second-order valence-electron chi connectivity index (χ2n) is 8.12. The van der Waals surface area contributed by atoms with Gasteiger partial charge in [-0.1, -0.05) is 53.7 Å². The number of aliphatic hydroxyl groups excluding tert-OH is 1. The first-order valence-electron chi connectivity index (χ1n) is 10.6. The molecule has 6 nitrogen and oxygen atoms in total. The van der Waals surface area contributed by atoms with Crippen molar-refractivity contribution in [2.45, 2.75) is 44.6 Å². The Morgan fingerprint density at radius 1 is 1.13 bits per heavy atom. The summed E-state index contributed by atoms with van der Waals surface area (Å²) in [5.41, 5.74) is 2.63. The third kappa shape index (κ3) is 3.99. The van der Waals surface area contributed by atoms with Gasteiger partial charge in [0.25, 0.3) is 5.91 Å². The Kier molecular flexibility index (Phi) is 5.08. The van der Waals surface area contributed by atoms with E-state index in [-0.39, 0.29) is 11.6 Å². The number of carbonyl (C=O) groups excluding carboxylic acids is 1. The Hall–Kier alpha value is -3.38. The van der Waals surface area contributed by atoms with Crippen LogP contribution in [0.2, 0.25) is 0 Å². The minimum atomic E-state index is -0.861. The van der Waals surface area contributed by atoms with Crippen molar-refractivity contribution >= 4 is 22.4 Å². The van der Waals surface area contributed by atoms with Crippen molar-refractivity contribution < 1.29 is 19.5 Å². The number of hydrogen-bond acceptors (Lipinski definition) is 5. The van der Waals surface area contributed by atoms with E-state index in [9.17, 15) is 9.90 Å². The predicted octanol–water partition coefficient (Wildman–Crippen LogP) is 3.85. The normalized spacial score (nSPS) is 17.2. The maximum absolute atomic E-state index is 13.0. The zero-order valence-corrected chi connectivity index (χ0v) is 17.2. The monoisotopic (exact) mass is 416 g/mol. The minimum Gasteiger partial charge on any atom is -0.490 e. The number of nitrogens with zero attached hydrogens (tertiary/aromatic N) is 1. The Balaban J connectivity index is 1.30. The highest BCUT2D eigenvalue weighted by atomic mass is 16.6. The number of amides is 1. The standard InChI is InChI=1S/C25H24N2O4/c1-15(24(28)17-6-9-18(10-7-17)31-19-11-12-19)26-25(29)23-21-13-8-16-4-2-3-5-20(16)22(21)14-30-27-23/h2-10,13,15,19,24,28H,11-12,14H2,1H3,(H,26,29)/t15-,24+/m1/s1. The molecule has 0 radical (unpaired) electrons. The maximum atomic E-state index is 13.0. The molecule has 0 unspecified atom stereocenters. The summed E-state index contributed by atoms with van der Waals surface area (Å²) in [5, 5.41) is 19.7. The molecule has 3 aromatic rings. The van der Waals surface area contributed by atoms with Crippen molar-refractivity contribution in [2.75, 3.05) is 0 Å². The van der Waals surface area contributed by atoms with E-state index in [0.29, 0.717) is 18.3 Å². The molecule has 3 aromatic carbocycles. The lowest BCUT2D eigenvalue weighted by Gasteiger charge is -2.23. The van der Waals surface area contributed by atoms with Crippen LogP contribution in [-0.4, -0.2) is 28.9 Å². The van der Waals surface area contributed by atoms with E-state index in [2.05, 4.69) is 10.5 Å². The van der Waals surface area contributed by atoms with Gasteiger partial charge in [0.15, 0.2) is 5.71 Å². The lowest BCUT2D eigenvalue weighted by molar-refractivity contribution is -0.116. The molecule has 6 heteroatoms. The van der Waals surface area contributed by atoms with E-state index in [1.165, 1.54) is 0 Å². The fourth-order valence-corrected chi connectivity index (χ4v) is 3.85. The lowest BCUT2D eigenvalue weighted by Crippen LogP contribution is -2.42. The number of rotatable bonds is 6. The van der Waals surface area contributed by atoms with Gasteiger partial charge in [0.1, 0.15) is 12.4 Å². The molecule has 0 bridgehead atoms. The van der Waals surface area contributed by atoms with Gasteiger partial charge in [0.2, 0.25) is 0 Å². The van der Waals surface area contributed by atoms with Gasteiger partial charge in [-0.25, -0.2) is 0 Å². The highest BCUT2D eigenvalue weighted by Crippen LogP contribution is 2.29. The van der Waals surface area contributed by atoms with Gasteiger partial charge in [0, 0.05) is 11.1 Å². The number of carbonyl (C=O) groups is 1. The fourth-order valence-electron chi connectivity index (χ4n) is 3.85. The van der Waals surface area contributed by atoms with Gasteiger partial charge in [-0.15, -0.1) is 0 Å². The van der Waals surface area contributed by atoms with E-state index in [1.807, 2.05) is 60.7 Å². The number of ether oxygens (including phenoxy) is 1. The minimum absolute atomic E-state index is 0.222. The number of nitrogens with one attached hydrogen (secondary N) is 1. The van der Waals surface area contributed by atoms with Crippen LogP contribution in [0.1, 0.15) is 42.6 Å². The van der Waals surface area contributed by atoms with E-state index in [1.54, 1.807) is 6.92 Å². The van der Waals surface area contributed by atoms with Crippen molar-refractivity contribution in [1.29, 1.82) is 0 Å². The molecule has 1 fully saturated rings. The first kappa shape index (κ1) is 19.6. The molecular formula is C25H24N2O4. The Labute approximate surface area is 180 Å². The van der Waals surface area contributed by atoms with Crippen molar-refractivity contribution in [3.63, 3.8) is 0 Å². The van der Waals surface area contributed by atoms with Crippen molar-refractivity contribution in [3.8, 4) is 5.75 Å². The number of benzene rings is 3. The summed E-state index contributed by atoms with van der Waals surface area (Å²) in [4.78, 5) is 18.3. The zero-order chi connectivity index (χ0) is 21.4. The van der Waals surface area contributed by atoms with E-state index in [4.69, 9.17) is 9.57 Å². The van der Waals surface area contributed by atoms with Gasteiger partial charge in [-0.05, 0) is 48.2 Å². The van der Waals surface area contributed by atoms with Gasteiger partial charge in [-0.2, -0.15) is 0 Å². The molecular weight excluding hydrogens is 392 g/mol. The highest BCUT2D eigenvalue weighted by molar-refractivity contribution is 6.46. The smallest absolute Gasteiger partial charge is 0.274 e. The number of aliphatic hydroxyl groups is 1. The maximum Gasteiger partial charge on any atom is 0.274 e. The van der Waals surface area contributed by atoms with E-state index in [0.717, 1.165) is 40.5 Å². The summed E-state index contributed by atoms with van der Waals surface area (Å²) in [6.07, 6.45) is 1.66. The van der Waals surface area contributed by atoms with Crippen LogP contribution in [-0.2, 0) is 16.2 Å². The van der Waals surface area contributed by atoms with E-state index < -0.39 is 12.1 Å².